The van der Waals surface area contributed by atoms with Gasteiger partial charge < -0.3 is 10.1 Å². The van der Waals surface area contributed by atoms with Gasteiger partial charge in [-0.2, -0.15) is 0 Å². The van der Waals surface area contributed by atoms with E-state index < -0.39 is 6.04 Å². The van der Waals surface area contributed by atoms with Gasteiger partial charge in [-0.15, -0.1) is 11.8 Å². The number of carbonyl (C=O) groups is 2. The number of carbonyl (C=O) groups excluding carboxylic acids is 2. The van der Waals surface area contributed by atoms with Crippen molar-refractivity contribution in [3.05, 3.63) is 35.9 Å². The van der Waals surface area contributed by atoms with Crippen molar-refractivity contribution >= 4 is 40.1 Å². The van der Waals surface area contributed by atoms with Crippen molar-refractivity contribution in [3.8, 4) is 0 Å². The highest BCUT2D eigenvalue weighted by atomic mass is 32.2. The first-order valence-electron chi connectivity index (χ1n) is 5.85. The number of benzene rings is 1. The Balaban J connectivity index is 0.00000200. The van der Waals surface area contributed by atoms with Crippen LogP contribution in [-0.2, 0) is 14.3 Å². The van der Waals surface area contributed by atoms with Crippen molar-refractivity contribution in [2.24, 2.45) is 0 Å². The summed E-state index contributed by atoms with van der Waals surface area (Å²) in [7, 11) is 0. The molecule has 0 bridgehead atoms. The Morgan fingerprint density at radius 1 is 1.40 bits per heavy atom. The predicted molar refractivity (Wildman–Crippen MR) is 84.8 cm³/mol. The van der Waals surface area contributed by atoms with Crippen molar-refractivity contribution in [1.29, 1.82) is 0 Å². The molecule has 0 aliphatic carbocycles. The number of hydrogen-bond donors (Lipinski definition) is 1. The summed E-state index contributed by atoms with van der Waals surface area (Å²) in [6, 6.07) is 9.02. The highest BCUT2D eigenvalue weighted by Gasteiger charge is 2.27. The smallest absolute Gasteiger partial charge is 0.328 e. The maximum absolute atomic E-state index is 11.7. The van der Waals surface area contributed by atoms with E-state index in [-0.39, 0.29) is 25.1 Å². The van der Waals surface area contributed by atoms with Crippen LogP contribution in [0, 0.1) is 0 Å². The monoisotopic (exact) mass is 311 g/mol. The van der Waals surface area contributed by atoms with Gasteiger partial charge in [0.05, 0.1) is 16.6 Å². The molecule has 1 aliphatic heterocycles. The molecule has 0 aromatic heterocycles. The molecule has 108 valence electrons. The van der Waals surface area contributed by atoms with E-state index in [4.69, 9.17) is 17.0 Å². The molecule has 4 nitrogen and oxygen atoms in total. The molecule has 1 heterocycles. The van der Waals surface area contributed by atoms with Crippen LogP contribution in [0.5, 0.6) is 0 Å². The molecule has 0 saturated carbocycles. The molecule has 0 radical (unpaired) electrons. The average Bonchev–Trinajstić information content (AvgIpc) is 2.82. The van der Waals surface area contributed by atoms with Gasteiger partial charge in [0.1, 0.15) is 6.04 Å². The second-order valence-electron chi connectivity index (χ2n) is 4.02. The first-order valence-corrected chi connectivity index (χ1v) is 7.24. The van der Waals surface area contributed by atoms with Gasteiger partial charge in [-0.25, -0.2) is 4.79 Å². The molecule has 1 atom stereocenters. The quantitative estimate of drug-likeness (QED) is 0.682. The third-order valence-corrected chi connectivity index (χ3v) is 4.11. The molecule has 0 spiro atoms. The first kappa shape index (κ1) is 16.7. The fraction of sp³-hybridized carbons (Fsp3) is 0.357. The fourth-order valence-electron chi connectivity index (χ4n) is 1.65. The van der Waals surface area contributed by atoms with Crippen LogP contribution in [0.15, 0.2) is 30.3 Å². The van der Waals surface area contributed by atoms with Gasteiger partial charge >= 0.3 is 5.97 Å². The minimum atomic E-state index is -0.501. The summed E-state index contributed by atoms with van der Waals surface area (Å²) < 4.78 is 5.45. The van der Waals surface area contributed by atoms with Gasteiger partial charge in [0, 0.05) is 6.42 Å². The SMILES string of the molecule is C.O=C(CSC(=S)c1ccccc1)NC1CCOC1=O. The lowest BCUT2D eigenvalue weighted by Gasteiger charge is -2.08. The van der Waals surface area contributed by atoms with Crippen LogP contribution in [0.3, 0.4) is 0 Å². The summed E-state index contributed by atoms with van der Waals surface area (Å²) >= 11 is 6.53. The molecular weight excluding hydrogens is 294 g/mol. The van der Waals surface area contributed by atoms with Crippen LogP contribution in [0.25, 0.3) is 0 Å². The van der Waals surface area contributed by atoms with Gasteiger partial charge in [-0.3, -0.25) is 4.79 Å². The van der Waals surface area contributed by atoms with Crippen molar-refractivity contribution in [3.63, 3.8) is 0 Å². The minimum absolute atomic E-state index is 0. The van der Waals surface area contributed by atoms with Gasteiger partial charge in [0.25, 0.3) is 0 Å². The second-order valence-corrected chi connectivity index (χ2v) is 5.67. The van der Waals surface area contributed by atoms with Crippen LogP contribution in [0.4, 0.5) is 0 Å². The number of hydrogen-bond acceptors (Lipinski definition) is 5. The number of thiocarbonyl (C=S) groups is 1. The third kappa shape index (κ3) is 4.61. The Morgan fingerprint density at radius 3 is 2.70 bits per heavy atom. The molecule has 1 amide bonds. The van der Waals surface area contributed by atoms with Crippen molar-refractivity contribution < 1.29 is 14.3 Å². The molecule has 1 fully saturated rings. The zero-order valence-electron chi connectivity index (χ0n) is 10.1. The Bertz CT molecular complexity index is 490. The maximum atomic E-state index is 11.7. The normalized spacial score (nSPS) is 17.0. The Hall–Kier alpha value is -1.40. The summed E-state index contributed by atoms with van der Waals surface area (Å²) in [5, 5.41) is 2.64. The number of ether oxygens (including phenoxy) is 1. The molecule has 20 heavy (non-hydrogen) atoms. The standard InChI is InChI=1S/C13H13NO3S2.CH4/c15-11(14-10-6-7-17-12(10)16)8-19-13(18)9-4-2-1-3-5-9;/h1-5,10H,6-8H2,(H,14,15);1H4. The average molecular weight is 311 g/mol. The molecule has 6 heteroatoms. The summed E-state index contributed by atoms with van der Waals surface area (Å²) in [5.74, 6) is -0.353. The van der Waals surface area contributed by atoms with E-state index in [2.05, 4.69) is 5.32 Å². The number of rotatable bonds is 4. The summed E-state index contributed by atoms with van der Waals surface area (Å²) in [6.45, 7) is 0.374. The highest BCUT2D eigenvalue weighted by molar-refractivity contribution is 8.24. The lowest BCUT2D eigenvalue weighted by atomic mass is 10.2. The number of thioether (sulfide) groups is 1. The van der Waals surface area contributed by atoms with Gasteiger partial charge in [-0.05, 0) is 5.56 Å². The Labute approximate surface area is 128 Å². The molecule has 1 aromatic carbocycles. The highest BCUT2D eigenvalue weighted by Crippen LogP contribution is 2.14. The van der Waals surface area contributed by atoms with Crippen molar-refractivity contribution in [1.82, 2.24) is 5.32 Å². The minimum Gasteiger partial charge on any atom is -0.464 e. The van der Waals surface area contributed by atoms with E-state index in [1.54, 1.807) is 0 Å². The van der Waals surface area contributed by atoms with E-state index in [1.807, 2.05) is 30.3 Å². The zero-order valence-corrected chi connectivity index (χ0v) is 11.8. The first-order chi connectivity index (χ1) is 9.16. The van der Waals surface area contributed by atoms with E-state index in [0.29, 0.717) is 17.2 Å². The van der Waals surface area contributed by atoms with E-state index in [9.17, 15) is 9.59 Å². The third-order valence-electron chi connectivity index (χ3n) is 2.61. The molecule has 1 N–H and O–H groups in total. The predicted octanol–water partition coefficient (Wildman–Crippen LogP) is 2.16. The van der Waals surface area contributed by atoms with Gasteiger partial charge in [0.15, 0.2) is 0 Å². The number of amides is 1. The molecule has 1 aromatic rings. The van der Waals surface area contributed by atoms with Crippen molar-refractivity contribution in [2.45, 2.75) is 19.9 Å². The van der Waals surface area contributed by atoms with E-state index in [0.717, 1.165) is 5.56 Å². The number of cyclic esters (lactones) is 1. The zero-order chi connectivity index (χ0) is 13.7. The summed E-state index contributed by atoms with van der Waals surface area (Å²) in [5.41, 5.74) is 0.926. The second kappa shape index (κ2) is 8.01. The number of esters is 1. The van der Waals surface area contributed by atoms with Crippen LogP contribution in [-0.4, -0.2) is 34.5 Å². The number of nitrogens with one attached hydrogen (secondary N) is 1. The van der Waals surface area contributed by atoms with Crippen LogP contribution >= 0.6 is 24.0 Å². The molecule has 1 unspecified atom stereocenters. The van der Waals surface area contributed by atoms with Gasteiger partial charge in [0.2, 0.25) is 5.91 Å². The largest absolute Gasteiger partial charge is 0.464 e. The molecule has 1 aliphatic rings. The van der Waals surface area contributed by atoms with Gasteiger partial charge in [-0.1, -0.05) is 50.0 Å². The van der Waals surface area contributed by atoms with Crippen LogP contribution < -0.4 is 5.32 Å². The van der Waals surface area contributed by atoms with E-state index >= 15 is 0 Å². The summed E-state index contributed by atoms with van der Waals surface area (Å²) in [6.07, 6.45) is 0.540. The fourth-order valence-corrected chi connectivity index (χ4v) is 2.61. The topological polar surface area (TPSA) is 55.4 Å². The summed E-state index contributed by atoms with van der Waals surface area (Å²) in [4.78, 5) is 22.9. The molecule has 2 rings (SSSR count). The van der Waals surface area contributed by atoms with E-state index in [1.165, 1.54) is 11.8 Å². The lowest BCUT2D eigenvalue weighted by Crippen LogP contribution is -2.39. The molecule has 1 saturated heterocycles. The lowest BCUT2D eigenvalue weighted by molar-refractivity contribution is -0.141. The van der Waals surface area contributed by atoms with Crippen LogP contribution in [0.2, 0.25) is 0 Å². The molecular formula is C14H17NO3S2. The Kier molecular flexibility index (Phi) is 6.67. The Morgan fingerprint density at radius 2 is 2.10 bits per heavy atom. The van der Waals surface area contributed by atoms with Crippen molar-refractivity contribution in [2.75, 3.05) is 12.4 Å². The maximum Gasteiger partial charge on any atom is 0.328 e. The van der Waals surface area contributed by atoms with Crippen LogP contribution in [0.1, 0.15) is 19.4 Å².